The van der Waals surface area contributed by atoms with E-state index < -0.39 is 75.7 Å². The normalized spacial score (nSPS) is 21.9. The minimum atomic E-state index is -5.13. The first kappa shape index (κ1) is 59.8. The maximum atomic E-state index is 12.8. The molecule has 8 atom stereocenters. The lowest BCUT2D eigenvalue weighted by Crippen LogP contribution is -2.64. The lowest BCUT2D eigenvalue weighted by molar-refractivity contribution is -0.220. The Morgan fingerprint density at radius 1 is 0.484 bits per heavy atom. The molecule has 1 aliphatic carbocycles. The molecule has 0 spiro atoms. The van der Waals surface area contributed by atoms with Crippen molar-refractivity contribution in [3.05, 3.63) is 48.6 Å². The zero-order chi connectivity index (χ0) is 47.1. The highest BCUT2D eigenvalue weighted by molar-refractivity contribution is 7.47. The van der Waals surface area contributed by atoms with Crippen LogP contribution in [0.15, 0.2) is 48.6 Å². The van der Waals surface area contributed by atoms with Gasteiger partial charge in [-0.05, 0) is 57.8 Å². The standard InChI is InChI=1S/C50H89O13P/c1-3-5-7-9-11-13-15-17-19-21-22-23-25-27-29-31-33-35-37-39-44(52)62-42(41-61-64(58,59)63-50-48(56)46(54)45(53)47(55)49(50)57)40-60-43(51)38-36-34-32-30-28-26-24-20-18-16-14-12-10-8-6-4-2/h11,13,17,19,22-23,27,29,42,45-50,53-57H,3-10,12,14-16,18,20-21,24-26,28,30-41H2,1-2H3,(H,58,59)/b13-11+,19-17+,23-22+,29-27+/t42-,45?,46-,47?,48?,49?,50?/m1/s1. The van der Waals surface area contributed by atoms with Gasteiger partial charge in [0.1, 0.15) is 43.2 Å². The van der Waals surface area contributed by atoms with Crippen molar-refractivity contribution >= 4 is 19.8 Å². The first-order chi connectivity index (χ1) is 30.9. The lowest BCUT2D eigenvalue weighted by Gasteiger charge is -2.41. The summed E-state index contributed by atoms with van der Waals surface area (Å²) in [6, 6.07) is 0. The summed E-state index contributed by atoms with van der Waals surface area (Å²) in [6.45, 7) is 3.26. The highest BCUT2D eigenvalue weighted by atomic mass is 31.2. The number of rotatable bonds is 41. The lowest BCUT2D eigenvalue weighted by atomic mass is 9.85. The van der Waals surface area contributed by atoms with Crippen LogP contribution < -0.4 is 0 Å². The first-order valence-electron chi connectivity index (χ1n) is 24.9. The molecule has 0 bridgehead atoms. The molecular weight excluding hydrogens is 840 g/mol. The molecule has 1 fully saturated rings. The third-order valence-corrected chi connectivity index (χ3v) is 12.4. The number of carbonyl (C=O) groups is 2. The quantitative estimate of drug-likeness (QED) is 0.0146. The summed E-state index contributed by atoms with van der Waals surface area (Å²) in [5.41, 5.74) is 0. The monoisotopic (exact) mass is 929 g/mol. The number of phosphoric ester groups is 1. The van der Waals surface area contributed by atoms with E-state index >= 15 is 0 Å². The zero-order valence-corrected chi connectivity index (χ0v) is 40.5. The van der Waals surface area contributed by atoms with Crippen LogP contribution in [0.25, 0.3) is 0 Å². The second-order valence-corrected chi connectivity index (χ2v) is 18.7. The predicted molar refractivity (Wildman–Crippen MR) is 253 cm³/mol. The fourth-order valence-electron chi connectivity index (χ4n) is 7.39. The van der Waals surface area contributed by atoms with Crippen molar-refractivity contribution in [3.8, 4) is 0 Å². The molecule has 0 saturated heterocycles. The Kier molecular flexibility index (Phi) is 37.3. The molecule has 0 aromatic heterocycles. The highest BCUT2D eigenvalue weighted by Crippen LogP contribution is 2.47. The fraction of sp³-hybridized carbons (Fsp3) is 0.800. The number of unbranched alkanes of at least 4 members (excludes halogenated alkanes) is 21. The van der Waals surface area contributed by atoms with Gasteiger partial charge in [0.25, 0.3) is 0 Å². The van der Waals surface area contributed by atoms with Crippen molar-refractivity contribution in [2.24, 2.45) is 0 Å². The number of hydrogen-bond acceptors (Lipinski definition) is 12. The van der Waals surface area contributed by atoms with Crippen molar-refractivity contribution < 1.29 is 63.1 Å². The van der Waals surface area contributed by atoms with Crippen molar-refractivity contribution in [2.45, 2.75) is 243 Å². The van der Waals surface area contributed by atoms with E-state index in [0.717, 1.165) is 64.2 Å². The Balaban J connectivity index is 2.45. The van der Waals surface area contributed by atoms with Gasteiger partial charge in [-0.25, -0.2) is 4.57 Å². The van der Waals surface area contributed by atoms with E-state index in [-0.39, 0.29) is 12.8 Å². The van der Waals surface area contributed by atoms with Crippen LogP contribution in [0.2, 0.25) is 0 Å². The van der Waals surface area contributed by atoms with E-state index in [1.165, 1.54) is 96.3 Å². The van der Waals surface area contributed by atoms with Crippen LogP contribution in [-0.4, -0.2) is 98.3 Å². The Hall–Kier alpha value is -2.19. The van der Waals surface area contributed by atoms with Crippen molar-refractivity contribution in [2.75, 3.05) is 13.2 Å². The maximum Gasteiger partial charge on any atom is 0.472 e. The minimum absolute atomic E-state index is 0.0596. The van der Waals surface area contributed by atoms with Crippen molar-refractivity contribution in [3.63, 3.8) is 0 Å². The van der Waals surface area contributed by atoms with Gasteiger partial charge in [-0.15, -0.1) is 0 Å². The summed E-state index contributed by atoms with van der Waals surface area (Å²) in [7, 11) is -5.13. The van der Waals surface area contributed by atoms with Crippen LogP contribution in [0, 0.1) is 0 Å². The van der Waals surface area contributed by atoms with Crippen molar-refractivity contribution in [1.82, 2.24) is 0 Å². The molecule has 13 nitrogen and oxygen atoms in total. The van der Waals surface area contributed by atoms with Crippen LogP contribution >= 0.6 is 7.82 Å². The Labute approximate surface area is 386 Å². The minimum Gasteiger partial charge on any atom is -0.462 e. The third-order valence-electron chi connectivity index (χ3n) is 11.4. The van der Waals surface area contributed by atoms with Gasteiger partial charge >= 0.3 is 19.8 Å². The summed E-state index contributed by atoms with van der Waals surface area (Å²) >= 11 is 0. The number of aliphatic hydroxyl groups is 5. The van der Waals surface area contributed by atoms with Crippen LogP contribution in [-0.2, 0) is 32.7 Å². The molecule has 6 unspecified atom stereocenters. The smallest absolute Gasteiger partial charge is 0.462 e. The molecule has 0 aliphatic heterocycles. The zero-order valence-electron chi connectivity index (χ0n) is 39.6. The van der Waals surface area contributed by atoms with E-state index in [9.17, 15) is 44.6 Å². The fourth-order valence-corrected chi connectivity index (χ4v) is 8.36. The molecule has 0 radical (unpaired) electrons. The molecule has 0 amide bonds. The van der Waals surface area contributed by atoms with E-state index in [2.05, 4.69) is 62.5 Å². The largest absolute Gasteiger partial charge is 0.472 e. The number of ether oxygens (including phenoxy) is 2. The van der Waals surface area contributed by atoms with Gasteiger partial charge in [0.2, 0.25) is 0 Å². The number of hydrogen-bond donors (Lipinski definition) is 6. The number of allylic oxidation sites excluding steroid dienone is 8. The van der Waals surface area contributed by atoms with Gasteiger partial charge in [0.05, 0.1) is 6.61 Å². The molecule has 0 heterocycles. The molecular formula is C50H89O13P. The second-order valence-electron chi connectivity index (χ2n) is 17.3. The van der Waals surface area contributed by atoms with Gasteiger partial charge in [-0.1, -0.05) is 178 Å². The molecule has 0 aromatic carbocycles. The van der Waals surface area contributed by atoms with Crippen LogP contribution in [0.5, 0.6) is 0 Å². The van der Waals surface area contributed by atoms with E-state index in [4.69, 9.17) is 18.5 Å². The van der Waals surface area contributed by atoms with E-state index in [1.807, 2.05) is 0 Å². The van der Waals surface area contributed by atoms with Gasteiger partial charge in [-0.3, -0.25) is 18.6 Å². The molecule has 0 aromatic rings. The maximum absolute atomic E-state index is 12.8. The average Bonchev–Trinajstić information content (AvgIpc) is 3.28. The van der Waals surface area contributed by atoms with Crippen LogP contribution in [0.1, 0.15) is 200 Å². The molecule has 64 heavy (non-hydrogen) atoms. The topological polar surface area (TPSA) is 210 Å². The first-order valence-corrected chi connectivity index (χ1v) is 26.4. The summed E-state index contributed by atoms with van der Waals surface area (Å²) < 4.78 is 33.6. The van der Waals surface area contributed by atoms with E-state index in [1.54, 1.807) is 0 Å². The number of esters is 2. The number of carbonyl (C=O) groups excluding carboxylic acids is 2. The summed E-state index contributed by atoms with van der Waals surface area (Å²) in [6.07, 6.45) is 34.4. The van der Waals surface area contributed by atoms with E-state index in [0.29, 0.717) is 12.8 Å². The molecule has 1 aliphatic rings. The summed E-state index contributed by atoms with van der Waals surface area (Å²) in [5, 5.41) is 50.2. The van der Waals surface area contributed by atoms with Gasteiger partial charge < -0.3 is 39.9 Å². The van der Waals surface area contributed by atoms with Crippen LogP contribution in [0.4, 0.5) is 0 Å². The van der Waals surface area contributed by atoms with Gasteiger partial charge in [-0.2, -0.15) is 0 Å². The molecule has 6 N–H and O–H groups in total. The molecule has 1 rings (SSSR count). The number of phosphoric acid groups is 1. The molecule has 14 heteroatoms. The highest BCUT2D eigenvalue weighted by Gasteiger charge is 2.51. The Bertz CT molecular complexity index is 1300. The van der Waals surface area contributed by atoms with Gasteiger partial charge in [0.15, 0.2) is 6.10 Å². The second kappa shape index (κ2) is 39.9. The molecule has 372 valence electrons. The predicted octanol–water partition coefficient (Wildman–Crippen LogP) is 10.3. The molecule has 1 saturated carbocycles. The number of aliphatic hydroxyl groups excluding tert-OH is 5. The summed E-state index contributed by atoms with van der Waals surface area (Å²) in [4.78, 5) is 35.8. The Morgan fingerprint density at radius 3 is 1.31 bits per heavy atom. The average molecular weight is 929 g/mol. The Morgan fingerprint density at radius 2 is 0.844 bits per heavy atom. The summed E-state index contributed by atoms with van der Waals surface area (Å²) in [5.74, 6) is -1.13. The SMILES string of the molecule is CCCCC/C=C/C/C=C/C/C=C/C/C=C/CCCCCC(=O)O[C@H](COC(=O)CCCCCCCCCCCCCCCCCC)COP(=O)(O)OC1C(O)C(O)C(O)[C@@H](O)C1O. The third kappa shape index (κ3) is 31.7. The van der Waals surface area contributed by atoms with Gasteiger partial charge in [0, 0.05) is 12.8 Å². The van der Waals surface area contributed by atoms with Crippen LogP contribution in [0.3, 0.4) is 0 Å². The van der Waals surface area contributed by atoms with Crippen molar-refractivity contribution in [1.29, 1.82) is 0 Å².